The van der Waals surface area contributed by atoms with Crippen LogP contribution in [0.1, 0.15) is 28.2 Å². The Morgan fingerprint density at radius 2 is 1.92 bits per heavy atom. The predicted molar refractivity (Wildman–Crippen MR) is 108 cm³/mol. The van der Waals surface area contributed by atoms with Crippen LogP contribution >= 0.6 is 22.7 Å². The number of hydrogen-bond donors (Lipinski definition) is 0. The van der Waals surface area contributed by atoms with E-state index >= 15 is 0 Å². The van der Waals surface area contributed by atoms with E-state index < -0.39 is 10.0 Å². The van der Waals surface area contributed by atoms with Crippen molar-refractivity contribution in [2.45, 2.75) is 32.7 Å². The fourth-order valence-electron chi connectivity index (χ4n) is 3.41. The first-order valence-corrected chi connectivity index (χ1v) is 11.9. The summed E-state index contributed by atoms with van der Waals surface area (Å²) < 4.78 is 25.6. The molecule has 136 valence electrons. The molecular weight excluding hydrogens is 386 g/mol. The number of fused-ring (bicyclic) bond motifs is 1. The van der Waals surface area contributed by atoms with E-state index in [-0.39, 0.29) is 6.04 Å². The van der Waals surface area contributed by atoms with Crippen molar-refractivity contribution >= 4 is 38.4 Å². The van der Waals surface area contributed by atoms with Crippen LogP contribution in [0.4, 0.5) is 5.69 Å². The third kappa shape index (κ3) is 3.28. The quantitative estimate of drug-likeness (QED) is 0.661. The minimum atomic E-state index is -3.26. The third-order valence-corrected chi connectivity index (χ3v) is 7.49. The lowest BCUT2D eigenvalue weighted by atomic mass is 10.1. The summed E-state index contributed by atoms with van der Waals surface area (Å²) in [5, 5.41) is 6.24. The van der Waals surface area contributed by atoms with Crippen LogP contribution < -0.4 is 4.31 Å². The molecule has 1 aromatic carbocycles. The Labute approximate surface area is 161 Å². The van der Waals surface area contributed by atoms with Gasteiger partial charge in [-0.05, 0) is 38.0 Å². The molecule has 0 saturated heterocycles. The molecule has 26 heavy (non-hydrogen) atoms. The number of benzene rings is 1. The Kier molecular flexibility index (Phi) is 4.37. The summed E-state index contributed by atoms with van der Waals surface area (Å²) in [6, 6.07) is 5.89. The number of nitrogens with zero attached hydrogens (tertiary/aromatic N) is 3. The summed E-state index contributed by atoms with van der Waals surface area (Å²) in [6.45, 7) is 3.94. The molecule has 0 spiro atoms. The molecule has 3 heterocycles. The zero-order valence-corrected chi connectivity index (χ0v) is 17.2. The number of thiazole rings is 2. The van der Waals surface area contributed by atoms with Crippen LogP contribution in [0.2, 0.25) is 0 Å². The molecule has 0 unspecified atom stereocenters. The zero-order chi connectivity index (χ0) is 18.5. The molecule has 0 fully saturated rings. The van der Waals surface area contributed by atoms with Crippen molar-refractivity contribution in [1.29, 1.82) is 0 Å². The second-order valence-corrected chi connectivity index (χ2v) is 10.4. The Bertz CT molecular complexity index is 1070. The summed E-state index contributed by atoms with van der Waals surface area (Å²) >= 11 is 3.30. The van der Waals surface area contributed by atoms with Gasteiger partial charge in [0.05, 0.1) is 29.1 Å². The smallest absolute Gasteiger partial charge is 0.232 e. The van der Waals surface area contributed by atoms with E-state index in [9.17, 15) is 8.42 Å². The van der Waals surface area contributed by atoms with Gasteiger partial charge in [0.15, 0.2) is 0 Å². The highest BCUT2D eigenvalue weighted by atomic mass is 32.2. The van der Waals surface area contributed by atoms with Crippen molar-refractivity contribution in [2.75, 3.05) is 10.6 Å². The van der Waals surface area contributed by atoms with E-state index in [4.69, 9.17) is 4.98 Å². The Morgan fingerprint density at radius 3 is 2.62 bits per heavy atom. The minimum Gasteiger partial charge on any atom is -0.267 e. The second-order valence-electron chi connectivity index (χ2n) is 6.64. The highest BCUT2D eigenvalue weighted by Crippen LogP contribution is 2.37. The maximum Gasteiger partial charge on any atom is 0.232 e. The first kappa shape index (κ1) is 17.6. The lowest BCUT2D eigenvalue weighted by molar-refractivity contribution is 0.590. The van der Waals surface area contributed by atoms with Crippen molar-refractivity contribution in [1.82, 2.24) is 9.97 Å². The van der Waals surface area contributed by atoms with E-state index in [1.807, 2.05) is 26.0 Å². The molecule has 1 aliphatic rings. The average Bonchev–Trinajstić information content (AvgIpc) is 3.24. The average molecular weight is 406 g/mol. The van der Waals surface area contributed by atoms with Gasteiger partial charge in [0.2, 0.25) is 10.0 Å². The fourth-order valence-corrected chi connectivity index (χ4v) is 6.34. The van der Waals surface area contributed by atoms with E-state index in [1.165, 1.54) is 10.6 Å². The molecule has 5 nitrogen and oxygen atoms in total. The van der Waals surface area contributed by atoms with Crippen LogP contribution in [0.3, 0.4) is 0 Å². The monoisotopic (exact) mass is 405 g/mol. The summed E-state index contributed by atoms with van der Waals surface area (Å²) in [4.78, 5) is 9.25. The van der Waals surface area contributed by atoms with E-state index in [0.29, 0.717) is 0 Å². The molecular formula is C18H19N3O2S3. The van der Waals surface area contributed by atoms with Gasteiger partial charge in [-0.1, -0.05) is 6.07 Å². The van der Waals surface area contributed by atoms with Crippen LogP contribution in [0, 0.1) is 6.92 Å². The number of aromatic nitrogens is 2. The van der Waals surface area contributed by atoms with Crippen molar-refractivity contribution < 1.29 is 8.42 Å². The molecule has 8 heteroatoms. The van der Waals surface area contributed by atoms with Gasteiger partial charge < -0.3 is 0 Å². The first-order valence-electron chi connectivity index (χ1n) is 8.29. The van der Waals surface area contributed by atoms with E-state index in [0.717, 1.165) is 51.1 Å². The summed E-state index contributed by atoms with van der Waals surface area (Å²) in [7, 11) is -3.26. The van der Waals surface area contributed by atoms with Gasteiger partial charge in [0.25, 0.3) is 0 Å². The molecule has 0 amide bonds. The third-order valence-electron chi connectivity index (χ3n) is 4.41. The second kappa shape index (κ2) is 6.44. The molecule has 0 saturated carbocycles. The van der Waals surface area contributed by atoms with Crippen LogP contribution in [-0.2, 0) is 22.9 Å². The van der Waals surface area contributed by atoms with Crippen LogP contribution in [0.25, 0.3) is 11.3 Å². The maximum absolute atomic E-state index is 12.1. The molecule has 0 radical (unpaired) electrons. The Balaban J connectivity index is 1.61. The number of aryl methyl sites for hydroxylation is 1. The van der Waals surface area contributed by atoms with Gasteiger partial charge in [-0.3, -0.25) is 4.31 Å². The van der Waals surface area contributed by atoms with Crippen molar-refractivity contribution in [2.24, 2.45) is 0 Å². The molecule has 2 aromatic heterocycles. The van der Waals surface area contributed by atoms with Gasteiger partial charge in [-0.25, -0.2) is 18.4 Å². The number of rotatable bonds is 4. The van der Waals surface area contributed by atoms with E-state index in [1.54, 1.807) is 22.7 Å². The molecule has 4 rings (SSSR count). The van der Waals surface area contributed by atoms with Gasteiger partial charge in [-0.15, -0.1) is 22.7 Å². The normalized spacial score (nSPS) is 16.9. The van der Waals surface area contributed by atoms with Crippen LogP contribution in [-0.4, -0.2) is 30.7 Å². The molecule has 1 atom stereocenters. The van der Waals surface area contributed by atoms with E-state index in [2.05, 4.69) is 21.8 Å². The highest BCUT2D eigenvalue weighted by Gasteiger charge is 2.32. The van der Waals surface area contributed by atoms with Gasteiger partial charge in [0.1, 0.15) is 5.01 Å². The lowest BCUT2D eigenvalue weighted by Crippen LogP contribution is -2.34. The van der Waals surface area contributed by atoms with Crippen molar-refractivity contribution in [3.63, 3.8) is 0 Å². The number of hydrogen-bond acceptors (Lipinski definition) is 6. The standard InChI is InChI=1S/C18H19N3O2S3/c1-11-9-24-17(19-11)8-18-20-15(10-25-18)13-4-5-16-14(7-13)6-12(2)21(16)26(3,22)23/h4-5,7,9-10,12H,6,8H2,1-3H3/t12-/m0/s1. The highest BCUT2D eigenvalue weighted by molar-refractivity contribution is 7.92. The van der Waals surface area contributed by atoms with Crippen LogP contribution in [0.5, 0.6) is 0 Å². The summed E-state index contributed by atoms with van der Waals surface area (Å²) in [5.41, 5.74) is 4.86. The molecule has 1 aliphatic heterocycles. The minimum absolute atomic E-state index is 0.0469. The fraction of sp³-hybridized carbons (Fsp3) is 0.333. The molecule has 3 aromatic rings. The largest absolute Gasteiger partial charge is 0.267 e. The van der Waals surface area contributed by atoms with Gasteiger partial charge in [-0.2, -0.15) is 0 Å². The Morgan fingerprint density at radius 1 is 1.19 bits per heavy atom. The molecule has 0 N–H and O–H groups in total. The SMILES string of the molecule is Cc1csc(Cc2nc(-c3ccc4c(c3)C[C@H](C)N4S(C)(=O)=O)cs2)n1. The number of sulfonamides is 1. The summed E-state index contributed by atoms with van der Waals surface area (Å²) in [5.74, 6) is 0. The molecule has 0 bridgehead atoms. The predicted octanol–water partition coefficient (Wildman–Crippen LogP) is 3.88. The van der Waals surface area contributed by atoms with Gasteiger partial charge >= 0.3 is 0 Å². The summed E-state index contributed by atoms with van der Waals surface area (Å²) in [6.07, 6.45) is 2.75. The maximum atomic E-state index is 12.1. The van der Waals surface area contributed by atoms with Crippen molar-refractivity contribution in [3.8, 4) is 11.3 Å². The van der Waals surface area contributed by atoms with Crippen LogP contribution in [0.15, 0.2) is 29.0 Å². The van der Waals surface area contributed by atoms with Gasteiger partial charge in [0, 0.05) is 28.1 Å². The van der Waals surface area contributed by atoms with Crippen molar-refractivity contribution in [3.05, 3.63) is 50.2 Å². The molecule has 0 aliphatic carbocycles. The first-order chi connectivity index (χ1) is 12.3. The lowest BCUT2D eigenvalue weighted by Gasteiger charge is -2.21. The Hall–Kier alpha value is -1.77. The topological polar surface area (TPSA) is 63.2 Å². The zero-order valence-electron chi connectivity index (χ0n) is 14.8. The number of anilines is 1.